The van der Waals surface area contributed by atoms with Gasteiger partial charge in [0.1, 0.15) is 23.3 Å². The predicted molar refractivity (Wildman–Crippen MR) is 96.5 cm³/mol. The Balaban J connectivity index is 1.74. The van der Waals surface area contributed by atoms with Gasteiger partial charge in [-0.2, -0.15) is 0 Å². The smallest absolute Gasteiger partial charge is 0.348 e. The van der Waals surface area contributed by atoms with Crippen molar-refractivity contribution in [3.63, 3.8) is 0 Å². The van der Waals surface area contributed by atoms with E-state index < -0.39 is 12.1 Å². The van der Waals surface area contributed by atoms with Gasteiger partial charge in [0.05, 0.1) is 19.3 Å². The van der Waals surface area contributed by atoms with Crippen LogP contribution < -0.4 is 9.64 Å². The van der Waals surface area contributed by atoms with Gasteiger partial charge in [-0.15, -0.1) is 0 Å². The third kappa shape index (κ3) is 3.03. The van der Waals surface area contributed by atoms with Crippen molar-refractivity contribution in [3.8, 4) is 17.0 Å². The summed E-state index contributed by atoms with van der Waals surface area (Å²) in [7, 11) is 1.28. The highest BCUT2D eigenvalue weighted by Crippen LogP contribution is 2.35. The van der Waals surface area contributed by atoms with Gasteiger partial charge >= 0.3 is 5.97 Å². The monoisotopic (exact) mass is 364 g/mol. The van der Waals surface area contributed by atoms with Gasteiger partial charge < -0.3 is 18.9 Å². The molecular formula is C20H16N2O5. The Hall–Kier alpha value is -3.61. The number of carbonyl (C=O) groups is 2. The van der Waals surface area contributed by atoms with Crippen LogP contribution in [-0.2, 0) is 9.53 Å². The molecule has 1 aliphatic rings. The number of rotatable bonds is 3. The Labute approximate surface area is 155 Å². The first-order valence-corrected chi connectivity index (χ1v) is 8.34. The normalized spacial score (nSPS) is 15.6. The van der Waals surface area contributed by atoms with E-state index in [1.165, 1.54) is 18.3 Å². The SMILES string of the molecule is COC(=O)[C@H]1CN(C(=O)c2conc2-c2ccccc2)c2ccccc2O1. The Bertz CT molecular complexity index is 983. The van der Waals surface area contributed by atoms with Gasteiger partial charge in [-0.3, -0.25) is 4.79 Å². The van der Waals surface area contributed by atoms with Crippen molar-refractivity contribution < 1.29 is 23.6 Å². The average Bonchev–Trinajstić information content (AvgIpc) is 3.22. The Kier molecular flexibility index (Phi) is 4.33. The molecule has 2 aromatic carbocycles. The van der Waals surface area contributed by atoms with Crippen LogP contribution in [-0.4, -0.2) is 36.8 Å². The number of para-hydroxylation sites is 2. The largest absolute Gasteiger partial charge is 0.475 e. The molecule has 0 unspecified atom stereocenters. The van der Waals surface area contributed by atoms with E-state index in [9.17, 15) is 9.59 Å². The molecule has 0 saturated heterocycles. The third-order valence-corrected chi connectivity index (χ3v) is 4.33. The second kappa shape index (κ2) is 6.95. The van der Waals surface area contributed by atoms with Gasteiger partial charge in [-0.05, 0) is 12.1 Å². The van der Waals surface area contributed by atoms with Crippen LogP contribution in [0.25, 0.3) is 11.3 Å². The topological polar surface area (TPSA) is 81.9 Å². The number of ether oxygens (including phenoxy) is 2. The van der Waals surface area contributed by atoms with Crippen molar-refractivity contribution in [2.45, 2.75) is 6.10 Å². The van der Waals surface area contributed by atoms with Crippen LogP contribution in [0.3, 0.4) is 0 Å². The maximum Gasteiger partial charge on any atom is 0.348 e. The molecule has 0 spiro atoms. The van der Waals surface area contributed by atoms with Crippen molar-refractivity contribution in [2.24, 2.45) is 0 Å². The number of anilines is 1. The number of nitrogens with zero attached hydrogens (tertiary/aromatic N) is 2. The third-order valence-electron chi connectivity index (χ3n) is 4.33. The number of esters is 1. The molecule has 1 aliphatic heterocycles. The number of fused-ring (bicyclic) bond motifs is 1. The van der Waals surface area contributed by atoms with E-state index in [1.807, 2.05) is 30.3 Å². The molecule has 0 saturated carbocycles. The molecule has 0 bridgehead atoms. The van der Waals surface area contributed by atoms with Gasteiger partial charge in [0, 0.05) is 5.56 Å². The minimum atomic E-state index is -0.908. The fraction of sp³-hybridized carbons (Fsp3) is 0.150. The summed E-state index contributed by atoms with van der Waals surface area (Å²) in [4.78, 5) is 26.8. The summed E-state index contributed by atoms with van der Waals surface area (Å²) in [6.45, 7) is 0.0297. The van der Waals surface area contributed by atoms with Gasteiger partial charge in [-0.25, -0.2) is 4.79 Å². The highest BCUT2D eigenvalue weighted by molar-refractivity contribution is 6.10. The summed E-state index contributed by atoms with van der Waals surface area (Å²) >= 11 is 0. The van der Waals surface area contributed by atoms with E-state index >= 15 is 0 Å². The molecule has 0 N–H and O–H groups in total. The van der Waals surface area contributed by atoms with Crippen molar-refractivity contribution in [1.29, 1.82) is 0 Å². The molecule has 0 fully saturated rings. The number of aromatic nitrogens is 1. The van der Waals surface area contributed by atoms with Crippen LogP contribution in [0.5, 0.6) is 5.75 Å². The second-order valence-corrected chi connectivity index (χ2v) is 5.96. The minimum Gasteiger partial charge on any atom is -0.475 e. The number of hydrogen-bond acceptors (Lipinski definition) is 6. The Morgan fingerprint density at radius 2 is 1.85 bits per heavy atom. The number of benzene rings is 2. The van der Waals surface area contributed by atoms with Gasteiger partial charge in [-0.1, -0.05) is 47.6 Å². The minimum absolute atomic E-state index is 0.0297. The average molecular weight is 364 g/mol. The Morgan fingerprint density at radius 3 is 2.63 bits per heavy atom. The first-order chi connectivity index (χ1) is 13.2. The zero-order chi connectivity index (χ0) is 18.8. The number of methoxy groups -OCH3 is 1. The Morgan fingerprint density at radius 1 is 1.11 bits per heavy atom. The van der Waals surface area contributed by atoms with Crippen LogP contribution in [0.4, 0.5) is 5.69 Å². The van der Waals surface area contributed by atoms with Gasteiger partial charge in [0.2, 0.25) is 6.10 Å². The fourth-order valence-electron chi connectivity index (χ4n) is 3.02. The highest BCUT2D eigenvalue weighted by atomic mass is 16.6. The molecule has 4 rings (SSSR count). The standard InChI is InChI=1S/C20H16N2O5/c1-25-20(24)17-11-22(15-9-5-6-10-16(15)27-17)19(23)14-12-26-21-18(14)13-7-3-2-4-8-13/h2-10,12,17H,11H2,1H3/t17-/m1/s1. The molecular weight excluding hydrogens is 348 g/mol. The van der Waals surface area contributed by atoms with E-state index in [1.54, 1.807) is 24.3 Å². The van der Waals surface area contributed by atoms with Crippen LogP contribution in [0.1, 0.15) is 10.4 Å². The molecule has 1 amide bonds. The van der Waals surface area contributed by atoms with E-state index in [4.69, 9.17) is 14.0 Å². The van der Waals surface area contributed by atoms with Crippen molar-refractivity contribution in [2.75, 3.05) is 18.6 Å². The van der Waals surface area contributed by atoms with E-state index in [0.29, 0.717) is 22.7 Å². The summed E-state index contributed by atoms with van der Waals surface area (Å²) in [6, 6.07) is 16.3. The van der Waals surface area contributed by atoms with E-state index in [-0.39, 0.29) is 12.5 Å². The summed E-state index contributed by atoms with van der Waals surface area (Å²) in [5, 5.41) is 3.98. The summed E-state index contributed by atoms with van der Waals surface area (Å²) in [5.74, 6) is -0.444. The molecule has 7 heteroatoms. The zero-order valence-corrected chi connectivity index (χ0v) is 14.5. The first kappa shape index (κ1) is 16.8. The maximum atomic E-state index is 13.3. The van der Waals surface area contributed by atoms with Crippen LogP contribution in [0, 0.1) is 0 Å². The molecule has 1 atom stereocenters. The molecule has 2 heterocycles. The van der Waals surface area contributed by atoms with Crippen molar-refractivity contribution >= 4 is 17.6 Å². The number of hydrogen-bond donors (Lipinski definition) is 0. The fourth-order valence-corrected chi connectivity index (χ4v) is 3.02. The lowest BCUT2D eigenvalue weighted by Gasteiger charge is -2.33. The summed E-state index contributed by atoms with van der Waals surface area (Å²) in [6.07, 6.45) is 0.407. The van der Waals surface area contributed by atoms with Gasteiger partial charge in [0.25, 0.3) is 5.91 Å². The molecule has 1 aromatic heterocycles. The lowest BCUT2D eigenvalue weighted by atomic mass is 10.1. The molecule has 27 heavy (non-hydrogen) atoms. The highest BCUT2D eigenvalue weighted by Gasteiger charge is 2.36. The van der Waals surface area contributed by atoms with Crippen molar-refractivity contribution in [1.82, 2.24) is 5.16 Å². The number of amides is 1. The molecule has 136 valence electrons. The summed E-state index contributed by atoms with van der Waals surface area (Å²) in [5.41, 5.74) is 2.09. The van der Waals surface area contributed by atoms with Crippen LogP contribution >= 0.6 is 0 Å². The quantitative estimate of drug-likeness (QED) is 0.665. The van der Waals surface area contributed by atoms with Gasteiger partial charge in [0.15, 0.2) is 0 Å². The molecule has 3 aromatic rings. The lowest BCUT2D eigenvalue weighted by Crippen LogP contribution is -2.47. The second-order valence-electron chi connectivity index (χ2n) is 5.96. The van der Waals surface area contributed by atoms with Crippen LogP contribution in [0.15, 0.2) is 65.4 Å². The molecule has 0 aliphatic carbocycles. The molecule has 7 nitrogen and oxygen atoms in total. The zero-order valence-electron chi connectivity index (χ0n) is 14.5. The molecule has 0 radical (unpaired) electrons. The van der Waals surface area contributed by atoms with E-state index in [0.717, 1.165) is 5.56 Å². The number of carbonyl (C=O) groups excluding carboxylic acids is 2. The van der Waals surface area contributed by atoms with E-state index in [2.05, 4.69) is 5.16 Å². The summed E-state index contributed by atoms with van der Waals surface area (Å²) < 4.78 is 15.5. The van der Waals surface area contributed by atoms with Crippen LogP contribution in [0.2, 0.25) is 0 Å². The van der Waals surface area contributed by atoms with Crippen molar-refractivity contribution in [3.05, 3.63) is 66.4 Å². The maximum absolute atomic E-state index is 13.3. The predicted octanol–water partition coefficient (Wildman–Crippen LogP) is 2.92. The lowest BCUT2D eigenvalue weighted by molar-refractivity contribution is -0.148. The first-order valence-electron chi connectivity index (χ1n) is 8.34.